The normalized spacial score (nSPS) is 11.4. The Morgan fingerprint density at radius 2 is 1.35 bits per heavy atom. The molecule has 6 rings (SSSR count). The number of anilines is 2. The Kier molecular flexibility index (Phi) is 4.03. The van der Waals surface area contributed by atoms with Crippen LogP contribution in [-0.4, -0.2) is 0 Å². The largest absolute Gasteiger partial charge is 0.454 e. The summed E-state index contributed by atoms with van der Waals surface area (Å²) in [4.78, 5) is 0. The van der Waals surface area contributed by atoms with Crippen LogP contribution in [0.1, 0.15) is 5.56 Å². The minimum atomic E-state index is 0.894. The fourth-order valence-electron chi connectivity index (χ4n) is 4.49. The van der Waals surface area contributed by atoms with Gasteiger partial charge in [0.05, 0.1) is 5.69 Å². The van der Waals surface area contributed by atoms with Crippen LogP contribution in [-0.2, 0) is 0 Å². The van der Waals surface area contributed by atoms with Gasteiger partial charge in [-0.05, 0) is 41.0 Å². The molecule has 0 amide bonds. The van der Waals surface area contributed by atoms with Crippen LogP contribution in [0.4, 0.5) is 11.4 Å². The molecule has 0 radical (unpaired) electrons. The smallest absolute Gasteiger partial charge is 0.159 e. The third-order valence-corrected chi connectivity index (χ3v) is 5.97. The Labute approximate surface area is 180 Å². The van der Waals surface area contributed by atoms with E-state index in [9.17, 15) is 0 Å². The van der Waals surface area contributed by atoms with Gasteiger partial charge in [0.25, 0.3) is 0 Å². The minimum absolute atomic E-state index is 0.894. The number of nitrogens with one attached hydrogen (secondary N) is 1. The molecular formula is C29H21NO. The van der Waals surface area contributed by atoms with Crippen molar-refractivity contribution in [1.82, 2.24) is 0 Å². The fourth-order valence-corrected chi connectivity index (χ4v) is 4.49. The SMILES string of the molecule is Cc1cccc2c1oc1c(Nc3ccccc3-c3ccccc3)cc3ccccc3c12. The first-order valence-corrected chi connectivity index (χ1v) is 10.5. The second-order valence-electron chi connectivity index (χ2n) is 7.94. The number of aryl methyl sites for hydroxylation is 1. The van der Waals surface area contributed by atoms with Crippen molar-refractivity contribution in [3.8, 4) is 11.1 Å². The second-order valence-corrected chi connectivity index (χ2v) is 7.94. The number of rotatable bonds is 3. The van der Waals surface area contributed by atoms with Gasteiger partial charge in [0.2, 0.25) is 0 Å². The molecule has 1 N–H and O–H groups in total. The molecular weight excluding hydrogens is 378 g/mol. The van der Waals surface area contributed by atoms with E-state index in [4.69, 9.17) is 4.42 Å². The maximum absolute atomic E-state index is 6.48. The van der Waals surface area contributed by atoms with Crippen LogP contribution in [0.25, 0.3) is 43.8 Å². The molecule has 0 fully saturated rings. The van der Waals surface area contributed by atoms with Crippen LogP contribution in [0, 0.1) is 6.92 Å². The summed E-state index contributed by atoms with van der Waals surface area (Å²) < 4.78 is 6.48. The first kappa shape index (κ1) is 17.8. The van der Waals surface area contributed by atoms with E-state index in [0.29, 0.717) is 0 Å². The molecule has 0 spiro atoms. The summed E-state index contributed by atoms with van der Waals surface area (Å²) >= 11 is 0. The van der Waals surface area contributed by atoms with E-state index in [1.54, 1.807) is 0 Å². The molecule has 0 unspecified atom stereocenters. The van der Waals surface area contributed by atoms with E-state index in [0.717, 1.165) is 44.4 Å². The molecule has 0 aliphatic carbocycles. The van der Waals surface area contributed by atoms with Crippen molar-refractivity contribution < 1.29 is 4.42 Å². The van der Waals surface area contributed by atoms with E-state index in [1.807, 2.05) is 6.07 Å². The number of hydrogen-bond acceptors (Lipinski definition) is 2. The second kappa shape index (κ2) is 7.03. The average Bonchev–Trinajstić information content (AvgIpc) is 3.22. The molecule has 0 atom stereocenters. The average molecular weight is 399 g/mol. The molecule has 1 heterocycles. The zero-order valence-corrected chi connectivity index (χ0v) is 17.2. The topological polar surface area (TPSA) is 25.2 Å². The lowest BCUT2D eigenvalue weighted by atomic mass is 10.0. The fraction of sp³-hybridized carbons (Fsp3) is 0.0345. The maximum atomic E-state index is 6.48. The molecule has 0 aliphatic heterocycles. The van der Waals surface area contributed by atoms with Gasteiger partial charge in [-0.3, -0.25) is 0 Å². The molecule has 2 heteroatoms. The Balaban J connectivity index is 1.63. The Bertz CT molecular complexity index is 1560. The summed E-state index contributed by atoms with van der Waals surface area (Å²) in [5.74, 6) is 0. The lowest BCUT2D eigenvalue weighted by molar-refractivity contribution is 0.667. The zero-order chi connectivity index (χ0) is 20.8. The summed E-state index contributed by atoms with van der Waals surface area (Å²) in [7, 11) is 0. The van der Waals surface area contributed by atoms with Gasteiger partial charge in [0.1, 0.15) is 5.58 Å². The van der Waals surface area contributed by atoms with Crippen LogP contribution in [0.15, 0.2) is 108 Å². The van der Waals surface area contributed by atoms with Crippen molar-refractivity contribution in [3.63, 3.8) is 0 Å². The standard InChI is InChI=1S/C29H21NO/c1-19-10-9-16-24-27-23-15-6-5-13-21(23)18-26(29(27)31-28(19)24)30-25-17-8-7-14-22(25)20-11-3-2-4-12-20/h2-18,30H,1H3. The van der Waals surface area contributed by atoms with Crippen LogP contribution in [0.3, 0.4) is 0 Å². The molecule has 0 saturated carbocycles. The van der Waals surface area contributed by atoms with Crippen molar-refractivity contribution in [1.29, 1.82) is 0 Å². The van der Waals surface area contributed by atoms with Gasteiger partial charge < -0.3 is 9.73 Å². The molecule has 0 aliphatic rings. The van der Waals surface area contributed by atoms with Gasteiger partial charge in [-0.2, -0.15) is 0 Å². The number of benzene rings is 5. The predicted octanol–water partition coefficient (Wildman–Crippen LogP) is 8.46. The monoisotopic (exact) mass is 399 g/mol. The van der Waals surface area contributed by atoms with Crippen molar-refractivity contribution >= 4 is 44.1 Å². The molecule has 31 heavy (non-hydrogen) atoms. The van der Waals surface area contributed by atoms with Gasteiger partial charge >= 0.3 is 0 Å². The molecule has 1 aromatic heterocycles. The van der Waals surface area contributed by atoms with Crippen LogP contribution < -0.4 is 5.32 Å². The third kappa shape index (κ3) is 2.88. The van der Waals surface area contributed by atoms with Gasteiger partial charge in [-0.1, -0.05) is 91.0 Å². The quantitative estimate of drug-likeness (QED) is 0.323. The highest BCUT2D eigenvalue weighted by molar-refractivity contribution is 6.22. The number of furan rings is 1. The van der Waals surface area contributed by atoms with Crippen molar-refractivity contribution in [3.05, 3.63) is 109 Å². The first-order valence-electron chi connectivity index (χ1n) is 10.5. The molecule has 2 nitrogen and oxygen atoms in total. The van der Waals surface area contributed by atoms with Crippen molar-refractivity contribution in [2.45, 2.75) is 6.92 Å². The Morgan fingerprint density at radius 3 is 2.26 bits per heavy atom. The van der Waals surface area contributed by atoms with E-state index >= 15 is 0 Å². The van der Waals surface area contributed by atoms with Crippen LogP contribution in [0.2, 0.25) is 0 Å². The van der Waals surface area contributed by atoms with Crippen LogP contribution in [0.5, 0.6) is 0 Å². The summed E-state index contributed by atoms with van der Waals surface area (Å²) in [6.45, 7) is 2.10. The lowest BCUT2D eigenvalue weighted by Crippen LogP contribution is -1.94. The van der Waals surface area contributed by atoms with E-state index in [1.165, 1.54) is 16.3 Å². The summed E-state index contributed by atoms with van der Waals surface area (Å²) in [6, 6.07) is 36.0. The number of hydrogen-bond donors (Lipinski definition) is 1. The van der Waals surface area contributed by atoms with E-state index in [-0.39, 0.29) is 0 Å². The number of fused-ring (bicyclic) bond motifs is 5. The third-order valence-electron chi connectivity index (χ3n) is 5.97. The van der Waals surface area contributed by atoms with Gasteiger partial charge in [-0.15, -0.1) is 0 Å². The first-order chi connectivity index (χ1) is 15.3. The maximum Gasteiger partial charge on any atom is 0.159 e. The van der Waals surface area contributed by atoms with Crippen molar-refractivity contribution in [2.75, 3.05) is 5.32 Å². The van der Waals surface area contributed by atoms with Gasteiger partial charge in [-0.25, -0.2) is 0 Å². The van der Waals surface area contributed by atoms with Crippen molar-refractivity contribution in [2.24, 2.45) is 0 Å². The predicted molar refractivity (Wildman–Crippen MR) is 131 cm³/mol. The highest BCUT2D eigenvalue weighted by Crippen LogP contribution is 2.42. The zero-order valence-electron chi connectivity index (χ0n) is 17.2. The Morgan fingerprint density at radius 1 is 0.613 bits per heavy atom. The summed E-state index contributed by atoms with van der Waals surface area (Å²) in [5.41, 5.74) is 7.38. The van der Waals surface area contributed by atoms with Gasteiger partial charge in [0, 0.05) is 22.0 Å². The minimum Gasteiger partial charge on any atom is -0.454 e. The van der Waals surface area contributed by atoms with E-state index in [2.05, 4.69) is 109 Å². The van der Waals surface area contributed by atoms with Crippen LogP contribution >= 0.6 is 0 Å². The Hall–Kier alpha value is -4.04. The summed E-state index contributed by atoms with van der Waals surface area (Å²) in [5, 5.41) is 8.42. The molecule has 6 aromatic rings. The molecule has 5 aromatic carbocycles. The molecule has 0 bridgehead atoms. The lowest BCUT2D eigenvalue weighted by Gasteiger charge is -2.14. The number of para-hydroxylation sites is 2. The highest BCUT2D eigenvalue weighted by Gasteiger charge is 2.17. The van der Waals surface area contributed by atoms with Gasteiger partial charge in [0.15, 0.2) is 5.58 Å². The van der Waals surface area contributed by atoms with E-state index < -0.39 is 0 Å². The summed E-state index contributed by atoms with van der Waals surface area (Å²) in [6.07, 6.45) is 0. The molecule has 148 valence electrons. The highest BCUT2D eigenvalue weighted by atomic mass is 16.3. The molecule has 0 saturated heterocycles.